The second-order valence-electron chi connectivity index (χ2n) is 7.32. The highest BCUT2D eigenvalue weighted by atomic mass is 33.1. The molecule has 0 bridgehead atoms. The molecule has 33 heavy (non-hydrogen) atoms. The van der Waals surface area contributed by atoms with E-state index in [9.17, 15) is 22.0 Å². The zero-order valence-electron chi connectivity index (χ0n) is 17.1. The molecule has 0 amide bonds. The molecule has 0 saturated carbocycles. The fourth-order valence-electron chi connectivity index (χ4n) is 3.23. The third-order valence-corrected chi connectivity index (χ3v) is 7.28. The molecule has 3 aromatic rings. The van der Waals surface area contributed by atoms with Crippen molar-refractivity contribution in [1.29, 1.82) is 0 Å². The number of hydrogen-bond acceptors (Lipinski definition) is 4. The first-order chi connectivity index (χ1) is 15.8. The van der Waals surface area contributed by atoms with Gasteiger partial charge in [-0.1, -0.05) is 64.1 Å². The third kappa shape index (κ3) is 5.89. The number of halogens is 5. The summed E-state index contributed by atoms with van der Waals surface area (Å²) in [5, 5.41) is 0. The Bertz CT molecular complexity index is 1110. The van der Waals surface area contributed by atoms with Crippen molar-refractivity contribution < 1.29 is 26.7 Å². The van der Waals surface area contributed by atoms with Crippen LogP contribution in [0.1, 0.15) is 33.9 Å². The summed E-state index contributed by atoms with van der Waals surface area (Å²) in [5.41, 5.74) is 1.89. The van der Waals surface area contributed by atoms with Gasteiger partial charge in [-0.15, -0.1) is 0 Å². The topological polar surface area (TPSA) is 21.6 Å². The van der Waals surface area contributed by atoms with Crippen LogP contribution in [0.25, 0.3) is 0 Å². The maximum absolute atomic E-state index is 14.0. The van der Waals surface area contributed by atoms with E-state index in [1.165, 1.54) is 30.3 Å². The fraction of sp³-hybridized carbons (Fsp3) is 0.208. The van der Waals surface area contributed by atoms with Crippen LogP contribution >= 0.6 is 21.6 Å². The second kappa shape index (κ2) is 10.2. The molecule has 1 aliphatic rings. The third-order valence-electron chi connectivity index (χ3n) is 5.01. The summed E-state index contributed by atoms with van der Waals surface area (Å²) in [6, 6.07) is 16.2. The lowest BCUT2D eigenvalue weighted by Gasteiger charge is -2.08. The van der Waals surface area contributed by atoms with Crippen LogP contribution in [0.5, 0.6) is 0 Å². The minimum Gasteiger partial charge on any atom is -0.475 e. The Hall–Kier alpha value is -2.52. The van der Waals surface area contributed by atoms with Gasteiger partial charge in [0.15, 0.2) is 0 Å². The minimum absolute atomic E-state index is 0.0325. The van der Waals surface area contributed by atoms with Gasteiger partial charge in [0.05, 0.1) is 5.56 Å². The van der Waals surface area contributed by atoms with Crippen LogP contribution in [0.2, 0.25) is 0 Å². The molecule has 1 heterocycles. The summed E-state index contributed by atoms with van der Waals surface area (Å²) in [5.74, 6) is -0.132. The molecule has 172 valence electrons. The van der Waals surface area contributed by atoms with Crippen molar-refractivity contribution in [2.45, 2.75) is 23.7 Å². The van der Waals surface area contributed by atoms with Crippen LogP contribution in [0.3, 0.4) is 0 Å². The molecule has 3 aromatic carbocycles. The van der Waals surface area contributed by atoms with E-state index in [-0.39, 0.29) is 24.1 Å². The highest BCUT2D eigenvalue weighted by molar-refractivity contribution is 8.76. The molecule has 9 heteroatoms. The number of rotatable bonds is 7. The minimum atomic E-state index is -4.32. The van der Waals surface area contributed by atoms with Crippen molar-refractivity contribution in [3.8, 4) is 0 Å². The van der Waals surface area contributed by atoms with E-state index >= 15 is 0 Å². The Labute approximate surface area is 195 Å². The molecule has 0 N–H and O–H groups in total. The van der Waals surface area contributed by atoms with E-state index < -0.39 is 23.4 Å². The van der Waals surface area contributed by atoms with E-state index in [0.717, 1.165) is 34.6 Å². The number of alkyl halides is 3. The number of aliphatic imine (C=N–C) groups is 1. The maximum atomic E-state index is 14.0. The van der Waals surface area contributed by atoms with Gasteiger partial charge in [0.1, 0.15) is 29.8 Å². The predicted octanol–water partition coefficient (Wildman–Crippen LogP) is 7.58. The molecule has 0 fully saturated rings. The van der Waals surface area contributed by atoms with E-state index in [4.69, 9.17) is 4.74 Å². The lowest BCUT2D eigenvalue weighted by molar-refractivity contribution is -0.137. The lowest BCUT2D eigenvalue weighted by atomic mass is 10.1. The molecule has 0 aliphatic carbocycles. The van der Waals surface area contributed by atoms with Gasteiger partial charge in [-0.2, -0.15) is 13.2 Å². The lowest BCUT2D eigenvalue weighted by Crippen LogP contribution is -2.07. The summed E-state index contributed by atoms with van der Waals surface area (Å²) in [6.45, 7) is 0.209. The average molecular weight is 496 g/mol. The molecule has 0 saturated heterocycles. The monoisotopic (exact) mass is 495 g/mol. The molecule has 2 nitrogen and oxygen atoms in total. The summed E-state index contributed by atoms with van der Waals surface area (Å²) in [4.78, 5) is 4.34. The summed E-state index contributed by atoms with van der Waals surface area (Å²) in [7, 11) is 3.18. The van der Waals surface area contributed by atoms with E-state index in [1.54, 1.807) is 21.6 Å². The van der Waals surface area contributed by atoms with E-state index in [2.05, 4.69) is 4.99 Å². The summed E-state index contributed by atoms with van der Waals surface area (Å²) < 4.78 is 71.2. The molecule has 1 unspecified atom stereocenters. The quantitative estimate of drug-likeness (QED) is 0.192. The Morgan fingerprint density at radius 1 is 0.818 bits per heavy atom. The average Bonchev–Trinajstić information content (AvgIpc) is 3.26. The molecule has 0 spiro atoms. The Balaban J connectivity index is 1.29. The number of ether oxygens (including phenoxy) is 1. The van der Waals surface area contributed by atoms with Gasteiger partial charge in [0.25, 0.3) is 0 Å². The first kappa shape index (κ1) is 23.6. The van der Waals surface area contributed by atoms with Crippen LogP contribution in [0.15, 0.2) is 71.7 Å². The number of nitrogens with zero attached hydrogens (tertiary/aromatic N) is 1. The van der Waals surface area contributed by atoms with E-state index in [1.807, 2.05) is 24.3 Å². The van der Waals surface area contributed by atoms with Gasteiger partial charge < -0.3 is 4.74 Å². The van der Waals surface area contributed by atoms with Gasteiger partial charge in [-0.25, -0.2) is 13.8 Å². The summed E-state index contributed by atoms with van der Waals surface area (Å²) >= 11 is 0. The Morgan fingerprint density at radius 3 is 1.91 bits per heavy atom. The van der Waals surface area contributed by atoms with Gasteiger partial charge in [0, 0.05) is 11.5 Å². The highest BCUT2D eigenvalue weighted by Crippen LogP contribution is 2.33. The predicted molar refractivity (Wildman–Crippen MR) is 122 cm³/mol. The van der Waals surface area contributed by atoms with Crippen molar-refractivity contribution >= 4 is 27.5 Å². The zero-order valence-corrected chi connectivity index (χ0v) is 18.7. The molecule has 0 aromatic heterocycles. The highest BCUT2D eigenvalue weighted by Gasteiger charge is 2.30. The smallest absolute Gasteiger partial charge is 0.416 e. The van der Waals surface area contributed by atoms with Crippen LogP contribution in [-0.2, 0) is 22.4 Å². The van der Waals surface area contributed by atoms with Crippen LogP contribution in [-0.4, -0.2) is 12.5 Å². The molecule has 4 rings (SSSR count). The number of benzene rings is 3. The molecular formula is C24H18F5NOS2. The van der Waals surface area contributed by atoms with Crippen LogP contribution < -0.4 is 0 Å². The molecule has 1 aliphatic heterocycles. The zero-order chi connectivity index (χ0) is 23.4. The summed E-state index contributed by atoms with van der Waals surface area (Å²) in [6.07, 6.45) is -4.32. The van der Waals surface area contributed by atoms with Crippen LogP contribution in [0.4, 0.5) is 22.0 Å². The molecule has 0 radical (unpaired) electrons. The van der Waals surface area contributed by atoms with Crippen LogP contribution in [0, 0.1) is 11.6 Å². The van der Waals surface area contributed by atoms with Gasteiger partial charge in [-0.05, 0) is 41.0 Å². The molecule has 1 atom stereocenters. The van der Waals surface area contributed by atoms with Crippen molar-refractivity contribution in [2.24, 2.45) is 4.99 Å². The number of hydrogen-bond donors (Lipinski definition) is 0. The second-order valence-corrected chi connectivity index (χ2v) is 9.78. The van der Waals surface area contributed by atoms with Gasteiger partial charge in [-0.3, -0.25) is 0 Å². The normalized spacial score (nSPS) is 15.9. The Kier molecular flexibility index (Phi) is 7.29. The standard InChI is InChI=1S/C24H18F5NOS2/c25-19-2-1-3-20(26)22(19)23-30-21(12-31-23)17-8-4-15(5-9-17)13-32-33-14-16-6-10-18(11-7-16)24(27,28)29/h1-11,21H,12-14H2. The fourth-order valence-corrected chi connectivity index (χ4v) is 5.37. The maximum Gasteiger partial charge on any atom is 0.416 e. The van der Waals surface area contributed by atoms with Gasteiger partial charge >= 0.3 is 6.18 Å². The Morgan fingerprint density at radius 2 is 1.36 bits per heavy atom. The van der Waals surface area contributed by atoms with Gasteiger partial charge in [0.2, 0.25) is 5.90 Å². The largest absolute Gasteiger partial charge is 0.475 e. The van der Waals surface area contributed by atoms with E-state index in [0.29, 0.717) is 5.75 Å². The molecular weight excluding hydrogens is 477 g/mol. The SMILES string of the molecule is Fc1cccc(F)c1C1=NC(c2ccc(CSSCc3ccc(C(F)(F)F)cc3)cc2)CO1. The van der Waals surface area contributed by atoms with Crippen molar-refractivity contribution in [1.82, 2.24) is 0 Å². The van der Waals surface area contributed by atoms with Crippen molar-refractivity contribution in [3.63, 3.8) is 0 Å². The first-order valence-corrected chi connectivity index (χ1v) is 12.4. The first-order valence-electron chi connectivity index (χ1n) is 9.95. The van der Waals surface area contributed by atoms with Crippen molar-refractivity contribution in [3.05, 3.63) is 106 Å². The van der Waals surface area contributed by atoms with Crippen molar-refractivity contribution in [2.75, 3.05) is 6.61 Å².